The van der Waals surface area contributed by atoms with Gasteiger partial charge in [-0.2, -0.15) is 13.7 Å². The lowest BCUT2D eigenvalue weighted by Gasteiger charge is -2.14. The summed E-state index contributed by atoms with van der Waals surface area (Å²) in [6.07, 6.45) is 1.33. The Bertz CT molecular complexity index is 1410. The Balaban J connectivity index is 1.92. The van der Waals surface area contributed by atoms with E-state index in [0.29, 0.717) is 16.3 Å². The van der Waals surface area contributed by atoms with Crippen molar-refractivity contribution in [1.82, 2.24) is 0 Å². The van der Waals surface area contributed by atoms with E-state index in [9.17, 15) is 18.5 Å². The molecule has 3 aromatic carbocycles. The lowest BCUT2D eigenvalue weighted by molar-refractivity contribution is -0.112. The number of hydrogen-bond acceptors (Lipinski definition) is 6. The van der Waals surface area contributed by atoms with Crippen molar-refractivity contribution < 1.29 is 22.1 Å². The lowest BCUT2D eigenvalue weighted by Crippen LogP contribution is -2.13. The fraction of sp³-hybridized carbons (Fsp3) is 0.0833. The number of para-hydroxylation sites is 1. The molecule has 174 valence electrons. The molecule has 0 unspecified atom stereocenters. The van der Waals surface area contributed by atoms with Crippen molar-refractivity contribution in [2.75, 3.05) is 12.4 Å². The summed E-state index contributed by atoms with van der Waals surface area (Å²) in [4.78, 5) is 12.6. The molecule has 3 aromatic rings. The number of carbonyl (C=O) groups is 1. The van der Waals surface area contributed by atoms with Crippen LogP contribution in [0.25, 0.3) is 6.08 Å². The number of amides is 1. The second kappa shape index (κ2) is 10.7. The predicted octanol–water partition coefficient (Wildman–Crippen LogP) is 5.73. The molecule has 0 radical (unpaired) electrons. The first kappa shape index (κ1) is 25.3. The molecule has 0 aromatic heterocycles. The molecule has 0 fully saturated rings. The first-order valence-electron chi connectivity index (χ1n) is 9.71. The zero-order valence-electron chi connectivity index (χ0n) is 18.0. The Morgan fingerprint density at radius 2 is 1.82 bits per heavy atom. The van der Waals surface area contributed by atoms with Crippen LogP contribution in [0.15, 0.2) is 75.6 Å². The third-order valence-corrected chi connectivity index (χ3v) is 6.71. The fourth-order valence-electron chi connectivity index (χ4n) is 2.83. The highest BCUT2D eigenvalue weighted by atomic mass is 79.9. The van der Waals surface area contributed by atoms with Crippen molar-refractivity contribution >= 4 is 55.3 Å². The van der Waals surface area contributed by atoms with Crippen LogP contribution < -0.4 is 14.2 Å². The van der Waals surface area contributed by atoms with Crippen LogP contribution in [-0.4, -0.2) is 21.4 Å². The first-order chi connectivity index (χ1) is 16.1. The van der Waals surface area contributed by atoms with Gasteiger partial charge < -0.3 is 14.2 Å². The van der Waals surface area contributed by atoms with Crippen LogP contribution in [0.2, 0.25) is 5.02 Å². The van der Waals surface area contributed by atoms with E-state index >= 15 is 0 Å². The summed E-state index contributed by atoms with van der Waals surface area (Å²) in [6.45, 7) is 1.84. The number of anilines is 1. The predicted molar refractivity (Wildman–Crippen MR) is 133 cm³/mol. The summed E-state index contributed by atoms with van der Waals surface area (Å²) in [7, 11) is -2.79. The maximum atomic E-state index is 12.7. The zero-order valence-corrected chi connectivity index (χ0v) is 21.2. The van der Waals surface area contributed by atoms with Crippen molar-refractivity contribution in [2.45, 2.75) is 11.8 Å². The van der Waals surface area contributed by atoms with Crippen LogP contribution in [0.3, 0.4) is 0 Å². The largest absolute Gasteiger partial charge is 0.493 e. The summed E-state index contributed by atoms with van der Waals surface area (Å²) >= 11 is 9.34. The smallest absolute Gasteiger partial charge is 0.339 e. The second-order valence-electron chi connectivity index (χ2n) is 6.99. The molecule has 0 saturated carbocycles. The van der Waals surface area contributed by atoms with Crippen molar-refractivity contribution in [2.24, 2.45) is 0 Å². The number of methoxy groups -OCH3 is 1. The van der Waals surface area contributed by atoms with Crippen LogP contribution in [0.4, 0.5) is 5.69 Å². The van der Waals surface area contributed by atoms with E-state index in [-0.39, 0.29) is 26.4 Å². The van der Waals surface area contributed by atoms with Gasteiger partial charge in [-0.15, -0.1) is 0 Å². The quantitative estimate of drug-likeness (QED) is 0.224. The number of nitrogens with zero attached hydrogens (tertiary/aromatic N) is 1. The average Bonchev–Trinajstić information content (AvgIpc) is 2.80. The number of nitrogens with one attached hydrogen (secondary N) is 1. The van der Waals surface area contributed by atoms with Gasteiger partial charge in [-0.05, 0) is 70.9 Å². The molecular formula is C24H18BrClN2O5S. The molecular weight excluding hydrogens is 544 g/mol. The highest BCUT2D eigenvalue weighted by Gasteiger charge is 2.22. The molecule has 0 bridgehead atoms. The molecule has 3 rings (SSSR count). The van der Waals surface area contributed by atoms with Crippen molar-refractivity contribution in [3.8, 4) is 17.6 Å². The molecule has 0 atom stereocenters. The molecule has 1 N–H and O–H groups in total. The molecule has 0 aliphatic rings. The van der Waals surface area contributed by atoms with Gasteiger partial charge in [0.2, 0.25) is 0 Å². The number of carbonyl (C=O) groups excluding carboxylic acids is 1. The van der Waals surface area contributed by atoms with Gasteiger partial charge in [0.15, 0.2) is 11.5 Å². The summed E-state index contributed by atoms with van der Waals surface area (Å²) in [6, 6.07) is 17.6. The Labute approximate surface area is 210 Å². The minimum atomic E-state index is -4.13. The monoisotopic (exact) mass is 560 g/mol. The minimum absolute atomic E-state index is 0.0148. The van der Waals surface area contributed by atoms with Gasteiger partial charge in [0.05, 0.1) is 22.3 Å². The van der Waals surface area contributed by atoms with E-state index in [4.69, 9.17) is 20.5 Å². The Kier molecular flexibility index (Phi) is 7.99. The Morgan fingerprint density at radius 1 is 1.15 bits per heavy atom. The number of ether oxygens (including phenoxy) is 1. The van der Waals surface area contributed by atoms with Crippen LogP contribution in [0.1, 0.15) is 11.1 Å². The molecule has 7 nitrogen and oxygen atoms in total. The van der Waals surface area contributed by atoms with E-state index in [2.05, 4.69) is 21.2 Å². The third kappa shape index (κ3) is 5.97. The first-order valence-corrected chi connectivity index (χ1v) is 12.3. The molecule has 1 amide bonds. The van der Waals surface area contributed by atoms with Crippen LogP contribution in [-0.2, 0) is 14.9 Å². The van der Waals surface area contributed by atoms with Gasteiger partial charge >= 0.3 is 10.1 Å². The average molecular weight is 562 g/mol. The summed E-state index contributed by atoms with van der Waals surface area (Å²) in [5.41, 5.74) is 1.46. The molecule has 0 heterocycles. The maximum Gasteiger partial charge on any atom is 0.339 e. The highest BCUT2D eigenvalue weighted by molar-refractivity contribution is 9.10. The SMILES string of the molecule is COc1cc(/C=C(\C#N)C(=O)Nc2ccccc2Cl)cc(Br)c1OS(=O)(=O)c1ccc(C)cc1. The van der Waals surface area contributed by atoms with Gasteiger partial charge in [0.1, 0.15) is 16.5 Å². The van der Waals surface area contributed by atoms with Crippen LogP contribution in [0, 0.1) is 18.3 Å². The van der Waals surface area contributed by atoms with Gasteiger partial charge in [-0.1, -0.05) is 41.4 Å². The van der Waals surface area contributed by atoms with Gasteiger partial charge in [-0.3, -0.25) is 4.79 Å². The van der Waals surface area contributed by atoms with Crippen molar-refractivity contribution in [3.05, 3.63) is 86.9 Å². The van der Waals surface area contributed by atoms with Crippen molar-refractivity contribution in [3.63, 3.8) is 0 Å². The molecule has 34 heavy (non-hydrogen) atoms. The molecule has 0 aliphatic heterocycles. The van der Waals surface area contributed by atoms with Crippen LogP contribution in [0.5, 0.6) is 11.5 Å². The fourth-order valence-corrected chi connectivity index (χ4v) is 4.62. The number of benzene rings is 3. The zero-order chi connectivity index (χ0) is 24.9. The summed E-state index contributed by atoms with van der Waals surface area (Å²) in [5.74, 6) is -0.646. The van der Waals surface area contributed by atoms with E-state index in [0.717, 1.165) is 5.56 Å². The lowest BCUT2D eigenvalue weighted by atomic mass is 10.1. The number of aryl methyl sites for hydroxylation is 1. The Hall–Kier alpha value is -3.32. The number of hydrogen-bond donors (Lipinski definition) is 1. The topological polar surface area (TPSA) is 105 Å². The third-order valence-electron chi connectivity index (χ3n) is 4.55. The second-order valence-corrected chi connectivity index (χ2v) is 9.80. The molecule has 0 spiro atoms. The summed E-state index contributed by atoms with van der Waals surface area (Å²) < 4.78 is 36.3. The molecule has 0 saturated heterocycles. The van der Waals surface area contributed by atoms with E-state index < -0.39 is 16.0 Å². The normalized spacial score (nSPS) is 11.4. The Morgan fingerprint density at radius 3 is 2.44 bits per heavy atom. The number of rotatable bonds is 7. The minimum Gasteiger partial charge on any atom is -0.493 e. The highest BCUT2D eigenvalue weighted by Crippen LogP contribution is 2.39. The molecule has 0 aliphatic carbocycles. The van der Waals surface area contributed by atoms with E-state index in [1.807, 2.05) is 13.0 Å². The standard InChI is InChI=1S/C24H18BrClN2O5S/c1-15-7-9-18(10-8-15)34(30,31)33-23-19(25)12-16(13-22(23)32-2)11-17(14-27)24(29)28-21-6-4-3-5-20(21)26/h3-13H,1-2H3,(H,28,29)/b17-11+. The van der Waals surface area contributed by atoms with Crippen molar-refractivity contribution in [1.29, 1.82) is 5.26 Å². The van der Waals surface area contributed by atoms with E-state index in [1.54, 1.807) is 36.4 Å². The van der Waals surface area contributed by atoms with Gasteiger partial charge in [0, 0.05) is 0 Å². The van der Waals surface area contributed by atoms with Crippen LogP contribution >= 0.6 is 27.5 Å². The molecule has 10 heteroatoms. The summed E-state index contributed by atoms with van der Waals surface area (Å²) in [5, 5.41) is 12.4. The number of halogens is 2. The van der Waals surface area contributed by atoms with Gasteiger partial charge in [-0.25, -0.2) is 0 Å². The van der Waals surface area contributed by atoms with E-state index in [1.165, 1.54) is 37.5 Å². The van der Waals surface area contributed by atoms with Gasteiger partial charge in [0.25, 0.3) is 5.91 Å². The number of nitriles is 1. The maximum absolute atomic E-state index is 12.7.